The Kier molecular flexibility index (Phi) is 7.84. The summed E-state index contributed by atoms with van der Waals surface area (Å²) in [5.74, 6) is 1.68. The first-order valence-corrected chi connectivity index (χ1v) is 10.5. The van der Waals surface area contributed by atoms with Gasteiger partial charge >= 0.3 is 0 Å². The molecular formula is C21H33N7. The van der Waals surface area contributed by atoms with Gasteiger partial charge in [0.15, 0.2) is 11.8 Å². The average Bonchev–Trinajstić information content (AvgIpc) is 3.27. The molecule has 2 N–H and O–H groups in total. The molecule has 1 saturated heterocycles. The van der Waals surface area contributed by atoms with E-state index in [4.69, 9.17) is 4.99 Å². The van der Waals surface area contributed by atoms with Crippen molar-refractivity contribution in [1.82, 2.24) is 30.3 Å². The molecule has 1 aliphatic rings. The molecule has 152 valence electrons. The van der Waals surface area contributed by atoms with Crippen molar-refractivity contribution in [2.75, 3.05) is 26.2 Å². The second kappa shape index (κ2) is 10.8. The fourth-order valence-corrected chi connectivity index (χ4v) is 3.74. The zero-order valence-electron chi connectivity index (χ0n) is 17.1. The van der Waals surface area contributed by atoms with Gasteiger partial charge in [-0.2, -0.15) is 5.10 Å². The number of pyridine rings is 1. The SMILES string of the molecule is CCNC(=NCc1ccnc(-n2cccn2)c1)NCCN1CCCCC1CC. The minimum atomic E-state index is 0.605. The average molecular weight is 384 g/mol. The zero-order valence-corrected chi connectivity index (χ0v) is 17.1. The van der Waals surface area contributed by atoms with Crippen molar-refractivity contribution in [2.24, 2.45) is 4.99 Å². The maximum absolute atomic E-state index is 4.75. The first-order chi connectivity index (χ1) is 13.8. The Morgan fingerprint density at radius 1 is 1.25 bits per heavy atom. The van der Waals surface area contributed by atoms with Gasteiger partial charge in [0.1, 0.15) is 0 Å². The van der Waals surface area contributed by atoms with E-state index in [1.54, 1.807) is 10.9 Å². The minimum Gasteiger partial charge on any atom is -0.357 e. The van der Waals surface area contributed by atoms with Crippen LogP contribution in [0, 0.1) is 0 Å². The number of rotatable bonds is 8. The number of hydrogen-bond donors (Lipinski definition) is 2. The Labute approximate surface area is 168 Å². The number of likely N-dealkylation sites (tertiary alicyclic amines) is 1. The third-order valence-electron chi connectivity index (χ3n) is 5.22. The van der Waals surface area contributed by atoms with E-state index < -0.39 is 0 Å². The van der Waals surface area contributed by atoms with Gasteiger partial charge in [-0.25, -0.2) is 14.7 Å². The quantitative estimate of drug-likeness (QED) is 0.542. The Hall–Kier alpha value is -2.41. The number of aromatic nitrogens is 3. The summed E-state index contributed by atoms with van der Waals surface area (Å²) in [4.78, 5) is 11.7. The monoisotopic (exact) mass is 383 g/mol. The molecule has 0 aromatic carbocycles. The smallest absolute Gasteiger partial charge is 0.191 e. The molecule has 3 heterocycles. The molecule has 1 aliphatic heterocycles. The lowest BCUT2D eigenvalue weighted by molar-refractivity contribution is 0.147. The Morgan fingerprint density at radius 2 is 2.18 bits per heavy atom. The highest BCUT2D eigenvalue weighted by molar-refractivity contribution is 5.79. The standard InChI is InChI=1S/C21H33N7/c1-3-19-8-5-6-13-27(19)15-12-24-21(22-4-2)25-17-18-9-11-23-20(16-18)28-14-7-10-26-28/h7,9-11,14,16,19H,3-6,8,12-13,15,17H2,1-2H3,(H2,22,24,25). The van der Waals surface area contributed by atoms with Crippen molar-refractivity contribution in [3.63, 3.8) is 0 Å². The third-order valence-corrected chi connectivity index (χ3v) is 5.22. The highest BCUT2D eigenvalue weighted by Gasteiger charge is 2.19. The van der Waals surface area contributed by atoms with Crippen LogP contribution in [0.3, 0.4) is 0 Å². The van der Waals surface area contributed by atoms with Crippen LogP contribution < -0.4 is 10.6 Å². The van der Waals surface area contributed by atoms with E-state index >= 15 is 0 Å². The van der Waals surface area contributed by atoms with E-state index in [9.17, 15) is 0 Å². The van der Waals surface area contributed by atoms with Gasteiger partial charge in [0, 0.05) is 44.3 Å². The summed E-state index contributed by atoms with van der Waals surface area (Å²) in [6.07, 6.45) is 10.7. The highest BCUT2D eigenvalue weighted by atomic mass is 15.3. The van der Waals surface area contributed by atoms with Gasteiger partial charge < -0.3 is 10.6 Å². The molecule has 1 fully saturated rings. The first kappa shape index (κ1) is 20.3. The second-order valence-electron chi connectivity index (χ2n) is 7.19. The van der Waals surface area contributed by atoms with Crippen LogP contribution in [-0.2, 0) is 6.54 Å². The summed E-state index contributed by atoms with van der Waals surface area (Å²) >= 11 is 0. The number of hydrogen-bond acceptors (Lipinski definition) is 4. The lowest BCUT2D eigenvalue weighted by Gasteiger charge is -2.35. The van der Waals surface area contributed by atoms with E-state index in [2.05, 4.69) is 39.5 Å². The Balaban J connectivity index is 1.54. The van der Waals surface area contributed by atoms with Gasteiger partial charge in [-0.15, -0.1) is 0 Å². The molecular weight excluding hydrogens is 350 g/mol. The Morgan fingerprint density at radius 3 is 2.96 bits per heavy atom. The summed E-state index contributed by atoms with van der Waals surface area (Å²) in [6.45, 7) is 9.06. The van der Waals surface area contributed by atoms with Gasteiger partial charge in [0.2, 0.25) is 0 Å². The van der Waals surface area contributed by atoms with Crippen molar-refractivity contribution in [3.8, 4) is 5.82 Å². The van der Waals surface area contributed by atoms with Crippen molar-refractivity contribution in [1.29, 1.82) is 0 Å². The summed E-state index contributed by atoms with van der Waals surface area (Å²) in [5.41, 5.74) is 1.11. The highest BCUT2D eigenvalue weighted by Crippen LogP contribution is 2.18. The van der Waals surface area contributed by atoms with E-state index in [0.29, 0.717) is 6.54 Å². The maximum atomic E-state index is 4.75. The van der Waals surface area contributed by atoms with Crippen LogP contribution in [0.2, 0.25) is 0 Å². The molecule has 1 atom stereocenters. The van der Waals surface area contributed by atoms with E-state index in [1.165, 1.54) is 32.2 Å². The molecule has 28 heavy (non-hydrogen) atoms. The fourth-order valence-electron chi connectivity index (χ4n) is 3.74. The number of piperidine rings is 1. The number of guanidine groups is 1. The second-order valence-corrected chi connectivity index (χ2v) is 7.19. The van der Waals surface area contributed by atoms with Gasteiger partial charge in [-0.3, -0.25) is 4.90 Å². The van der Waals surface area contributed by atoms with Crippen LogP contribution in [0.4, 0.5) is 0 Å². The molecule has 2 aromatic heterocycles. The fraction of sp³-hybridized carbons (Fsp3) is 0.571. The van der Waals surface area contributed by atoms with Crippen molar-refractivity contribution in [2.45, 2.75) is 52.1 Å². The summed E-state index contributed by atoms with van der Waals surface area (Å²) in [6, 6.07) is 6.66. The van der Waals surface area contributed by atoms with Crippen LogP contribution in [0.1, 0.15) is 45.1 Å². The lowest BCUT2D eigenvalue weighted by atomic mass is 10.0. The van der Waals surface area contributed by atoms with Gasteiger partial charge in [0.25, 0.3) is 0 Å². The minimum absolute atomic E-state index is 0.605. The molecule has 0 amide bonds. The number of aliphatic imine (C=N–C) groups is 1. The predicted octanol–water partition coefficient (Wildman–Crippen LogP) is 2.59. The van der Waals surface area contributed by atoms with Crippen LogP contribution in [-0.4, -0.2) is 57.8 Å². The van der Waals surface area contributed by atoms with E-state index in [1.807, 2.05) is 30.6 Å². The van der Waals surface area contributed by atoms with Gasteiger partial charge in [-0.05, 0) is 56.5 Å². The lowest BCUT2D eigenvalue weighted by Crippen LogP contribution is -2.45. The van der Waals surface area contributed by atoms with Crippen LogP contribution >= 0.6 is 0 Å². The van der Waals surface area contributed by atoms with E-state index in [0.717, 1.165) is 43.0 Å². The molecule has 0 bridgehead atoms. The third kappa shape index (κ3) is 5.79. The van der Waals surface area contributed by atoms with Crippen molar-refractivity contribution in [3.05, 3.63) is 42.4 Å². The molecule has 1 unspecified atom stereocenters. The Bertz CT molecular complexity index is 726. The topological polar surface area (TPSA) is 70.4 Å². The molecule has 0 saturated carbocycles. The molecule has 2 aromatic rings. The molecule has 7 heteroatoms. The summed E-state index contributed by atoms with van der Waals surface area (Å²) < 4.78 is 1.76. The molecule has 0 spiro atoms. The predicted molar refractivity (Wildman–Crippen MR) is 114 cm³/mol. The first-order valence-electron chi connectivity index (χ1n) is 10.5. The van der Waals surface area contributed by atoms with Gasteiger partial charge in [0.05, 0.1) is 6.54 Å². The molecule has 3 rings (SSSR count). The van der Waals surface area contributed by atoms with Crippen LogP contribution in [0.5, 0.6) is 0 Å². The number of nitrogens with zero attached hydrogens (tertiary/aromatic N) is 5. The van der Waals surface area contributed by atoms with Crippen molar-refractivity contribution >= 4 is 5.96 Å². The molecule has 0 radical (unpaired) electrons. The largest absolute Gasteiger partial charge is 0.357 e. The summed E-state index contributed by atoms with van der Waals surface area (Å²) in [5, 5.41) is 11.1. The van der Waals surface area contributed by atoms with Crippen LogP contribution in [0.15, 0.2) is 41.8 Å². The maximum Gasteiger partial charge on any atom is 0.191 e. The zero-order chi connectivity index (χ0) is 19.6. The normalized spacial score (nSPS) is 18.2. The molecule has 0 aliphatic carbocycles. The summed E-state index contributed by atoms with van der Waals surface area (Å²) in [7, 11) is 0. The molecule has 7 nitrogen and oxygen atoms in total. The van der Waals surface area contributed by atoms with Crippen LogP contribution in [0.25, 0.3) is 5.82 Å². The van der Waals surface area contributed by atoms with Gasteiger partial charge in [-0.1, -0.05) is 13.3 Å². The number of nitrogens with one attached hydrogen (secondary N) is 2. The van der Waals surface area contributed by atoms with E-state index in [-0.39, 0.29) is 0 Å². The van der Waals surface area contributed by atoms with Crippen molar-refractivity contribution < 1.29 is 0 Å².